The quantitative estimate of drug-likeness (QED) is 0.238. The van der Waals surface area contributed by atoms with Crippen LogP contribution in [0.3, 0.4) is 0 Å². The standard InChI is InChI=1S/C2H4O2.15CHCl3.CH4O/c1-2(3)4;15*2-1(3)4;1-2/h1H3,(H,3,4);15*1H;2H,1H3. The Morgan fingerprint density at radius 2 is 0.197 bits per heavy atom. The third-order valence-corrected chi connectivity index (χ3v) is 0. The molecule has 0 aliphatic heterocycles. The van der Waals surface area contributed by atoms with Crippen molar-refractivity contribution in [1.82, 2.24) is 0 Å². The van der Waals surface area contributed by atoms with Gasteiger partial charge in [-0.3, -0.25) is 4.79 Å². The van der Waals surface area contributed by atoms with Gasteiger partial charge < -0.3 is 10.2 Å². The number of carboxylic acid groups (broad SMARTS) is 1. The summed E-state index contributed by atoms with van der Waals surface area (Å²) in [5.74, 6) is -0.833. The van der Waals surface area contributed by atoms with E-state index in [9.17, 15) is 0 Å². The van der Waals surface area contributed by atoms with Gasteiger partial charge in [0, 0.05) is 14.0 Å². The fourth-order valence-electron chi connectivity index (χ4n) is 0. The lowest BCUT2D eigenvalue weighted by molar-refractivity contribution is -0.134. The Morgan fingerprint density at radius 1 is 0.197 bits per heavy atom. The number of alkyl halides is 45. The van der Waals surface area contributed by atoms with Gasteiger partial charge in [-0.05, 0) is 0 Å². The molecule has 0 amide bonds. The van der Waals surface area contributed by atoms with E-state index in [-0.39, 0.29) is 0 Å². The van der Waals surface area contributed by atoms with E-state index in [0.29, 0.717) is 0 Å². The topological polar surface area (TPSA) is 57.5 Å². The zero-order valence-corrected chi connectivity index (χ0v) is 63.5. The molecule has 0 aromatic heterocycles. The first kappa shape index (κ1) is 125. The molecule has 0 bridgehead atoms. The summed E-state index contributed by atoms with van der Waals surface area (Å²) in [6.45, 7) is 1.08. The van der Waals surface area contributed by atoms with E-state index in [1.54, 1.807) is 0 Å². The molecule has 3 nitrogen and oxygen atoms in total. The lowest BCUT2D eigenvalue weighted by atomic mass is 10.9. The van der Waals surface area contributed by atoms with Gasteiger partial charge in [-0.2, -0.15) is 0 Å². The van der Waals surface area contributed by atoms with E-state index < -0.39 is 70.4 Å². The fraction of sp³-hybridized carbons (Fsp3) is 0.944. The number of aliphatic hydroxyl groups is 1. The van der Waals surface area contributed by atoms with Crippen molar-refractivity contribution >= 4 is 528 Å². The SMILES string of the molecule is CC(=O)O.CO.ClC(Cl)Cl.ClC(Cl)Cl.ClC(Cl)Cl.ClC(Cl)Cl.ClC(Cl)Cl.ClC(Cl)Cl.ClC(Cl)Cl.ClC(Cl)Cl.ClC(Cl)Cl.ClC(Cl)Cl.ClC(Cl)Cl.ClC(Cl)Cl.ClC(Cl)Cl.ClC(Cl)Cl.ClC(Cl)Cl. The number of carboxylic acids is 1. The van der Waals surface area contributed by atoms with Gasteiger partial charge in [-0.15, -0.1) is 0 Å². The van der Waals surface area contributed by atoms with E-state index in [1.165, 1.54) is 0 Å². The number of hydrogen-bond donors (Lipinski definition) is 2. The monoisotopic (exact) mass is 1860 g/mol. The summed E-state index contributed by atoms with van der Waals surface area (Å²) in [6, 6.07) is 0. The molecule has 0 aliphatic rings. The minimum atomic E-state index is -0.833. The Morgan fingerprint density at radius 3 is 0.197 bits per heavy atom. The number of rotatable bonds is 0. The minimum absolute atomic E-state index is 0.750. The van der Waals surface area contributed by atoms with Crippen LogP contribution in [0.4, 0.5) is 0 Å². The highest BCUT2D eigenvalue weighted by molar-refractivity contribution is 6.68. The van der Waals surface area contributed by atoms with Crippen LogP contribution in [-0.4, -0.2) is 87.7 Å². The second-order valence-electron chi connectivity index (χ2n) is 4.23. The highest BCUT2D eigenvalue weighted by Gasteiger charge is 1.84. The highest BCUT2D eigenvalue weighted by Crippen LogP contribution is 2.09. The highest BCUT2D eigenvalue weighted by atomic mass is 35.6. The second kappa shape index (κ2) is 124. The van der Waals surface area contributed by atoms with Gasteiger partial charge in [0.1, 0.15) is 0 Å². The first-order chi connectivity index (χ1) is 28.7. The smallest absolute Gasteiger partial charge is 0.300 e. The van der Waals surface area contributed by atoms with Crippen LogP contribution in [0.5, 0.6) is 0 Å². The van der Waals surface area contributed by atoms with Crippen LogP contribution in [0, 0.1) is 0 Å². The molecule has 66 heavy (non-hydrogen) atoms. The summed E-state index contributed by atoms with van der Waals surface area (Å²) < 4.78 is -11.2. The lowest BCUT2D eigenvalue weighted by Crippen LogP contribution is -1.78. The van der Waals surface area contributed by atoms with Crippen molar-refractivity contribution in [2.24, 2.45) is 0 Å². The van der Waals surface area contributed by atoms with Crippen molar-refractivity contribution in [3.63, 3.8) is 0 Å². The zero-order valence-electron chi connectivity index (χ0n) is 29.5. The van der Waals surface area contributed by atoms with E-state index in [2.05, 4.69) is 0 Å². The Kier molecular flexibility index (Phi) is 234. The third kappa shape index (κ3) is 2800. The van der Waals surface area contributed by atoms with Crippen LogP contribution in [-0.2, 0) is 4.79 Å². The van der Waals surface area contributed by atoms with Crippen molar-refractivity contribution in [1.29, 1.82) is 0 Å². The molecule has 0 aromatic carbocycles. The predicted octanol–water partition coefficient (Wildman–Crippen LogP) is 29.5. The van der Waals surface area contributed by atoms with Gasteiger partial charge in [0.05, 0.1) is 0 Å². The van der Waals surface area contributed by atoms with Gasteiger partial charge in [0.15, 0.2) is 64.4 Å². The average Bonchev–Trinajstić information content (AvgIpc) is 2.89. The maximum absolute atomic E-state index is 9.00. The van der Waals surface area contributed by atoms with Crippen LogP contribution in [0.2, 0.25) is 0 Å². The Labute approximate surface area is 610 Å². The first-order valence-corrected chi connectivity index (χ1v) is 30.8. The molecule has 0 saturated heterocycles. The molecular weight excluding hydrogens is 1860 g/mol. The van der Waals surface area contributed by atoms with Crippen LogP contribution >= 0.6 is 522 Å². The van der Waals surface area contributed by atoms with Crippen molar-refractivity contribution < 1.29 is 15.0 Å². The molecule has 0 spiro atoms. The molecule has 0 heterocycles. The molecule has 0 aliphatic carbocycles. The largest absolute Gasteiger partial charge is 0.481 e. The molecule has 0 unspecified atom stereocenters. The molecule has 0 aromatic rings. The van der Waals surface area contributed by atoms with Crippen LogP contribution in [0.25, 0.3) is 0 Å². The Hall–Kier alpha value is 12.5. The van der Waals surface area contributed by atoms with Gasteiger partial charge in [-0.25, -0.2) is 0 Å². The molecule has 0 rings (SSSR count). The van der Waals surface area contributed by atoms with Gasteiger partial charge in [0.25, 0.3) is 5.97 Å². The summed E-state index contributed by atoms with van der Waals surface area (Å²) in [7, 11) is 1.00. The molecule has 0 saturated carbocycles. The van der Waals surface area contributed by atoms with Crippen molar-refractivity contribution in [2.75, 3.05) is 7.11 Å². The predicted molar refractivity (Wildman–Crippen MR) is 342 cm³/mol. The fourth-order valence-corrected chi connectivity index (χ4v) is 0. The van der Waals surface area contributed by atoms with E-state index in [0.717, 1.165) is 14.0 Å². The number of aliphatic carboxylic acids is 1. The molecule has 0 atom stereocenters. The molecule has 428 valence electrons. The second-order valence-corrected chi connectivity index (χ2v) is 33.9. The summed E-state index contributed by atoms with van der Waals surface area (Å²) >= 11 is 216. The van der Waals surface area contributed by atoms with E-state index in [1.807, 2.05) is 0 Å². The summed E-state index contributed by atoms with van der Waals surface area (Å²) in [5, 5.41) is 14.4. The molecule has 0 fully saturated rings. The maximum Gasteiger partial charge on any atom is 0.300 e. The number of halogens is 45. The van der Waals surface area contributed by atoms with Crippen LogP contribution < -0.4 is 0 Å². The molecule has 2 N–H and O–H groups in total. The number of hydrogen-bond acceptors (Lipinski definition) is 2. The van der Waals surface area contributed by atoms with Crippen molar-refractivity contribution in [3.8, 4) is 0 Å². The molecule has 0 radical (unpaired) electrons. The van der Waals surface area contributed by atoms with Crippen molar-refractivity contribution in [2.45, 2.75) is 71.4 Å². The summed E-state index contributed by atoms with van der Waals surface area (Å²) in [4.78, 5) is 9.00. The third-order valence-electron chi connectivity index (χ3n) is 0. The zero-order chi connectivity index (χ0) is 59.2. The number of aliphatic hydroxyl groups excluding tert-OH is 1. The maximum atomic E-state index is 9.00. The van der Waals surface area contributed by atoms with E-state index >= 15 is 0 Å². The van der Waals surface area contributed by atoms with Crippen LogP contribution in [0.1, 0.15) is 6.92 Å². The lowest BCUT2D eigenvalue weighted by Gasteiger charge is -1.69. The molecule has 48 heteroatoms. The van der Waals surface area contributed by atoms with Gasteiger partial charge >= 0.3 is 0 Å². The van der Waals surface area contributed by atoms with E-state index in [4.69, 9.17) is 537 Å². The Balaban J connectivity index is -0.0000000258. The molecular formula is C18H23Cl45O3. The van der Waals surface area contributed by atoms with Crippen molar-refractivity contribution in [3.05, 3.63) is 0 Å². The van der Waals surface area contributed by atoms with Gasteiger partial charge in [-0.1, -0.05) is 522 Å². The first-order valence-electron chi connectivity index (χ1n) is 11.2. The Bertz CT molecular complexity index is 395. The average molecular weight is 1880 g/mol. The summed E-state index contributed by atoms with van der Waals surface area (Å²) in [5.41, 5.74) is 0. The summed E-state index contributed by atoms with van der Waals surface area (Å²) in [6.07, 6.45) is 0. The normalized spacial score (nSPS) is 8.65. The van der Waals surface area contributed by atoms with Crippen LogP contribution in [0.15, 0.2) is 0 Å². The van der Waals surface area contributed by atoms with Gasteiger partial charge in [0.2, 0.25) is 0 Å². The minimum Gasteiger partial charge on any atom is -0.481 e. The number of carbonyl (C=O) groups is 1.